The van der Waals surface area contributed by atoms with Gasteiger partial charge in [0.1, 0.15) is 17.5 Å². The number of hydrogen-bond acceptors (Lipinski definition) is 8. The molecule has 224 valence electrons. The number of hydrogen-bond donors (Lipinski definition) is 1. The molecule has 11 heteroatoms. The molecule has 0 saturated heterocycles. The van der Waals surface area contributed by atoms with Crippen molar-refractivity contribution in [1.82, 2.24) is 19.7 Å². The summed E-state index contributed by atoms with van der Waals surface area (Å²) in [5.74, 6) is 1.17. The van der Waals surface area contributed by atoms with Crippen LogP contribution < -0.4 is 10.2 Å². The Morgan fingerprint density at radius 2 is 1.88 bits per heavy atom. The third-order valence-corrected chi connectivity index (χ3v) is 12.5. The summed E-state index contributed by atoms with van der Waals surface area (Å²) in [7, 11) is -0.262. The molecule has 10 nitrogen and oxygen atoms in total. The lowest BCUT2D eigenvalue weighted by Gasteiger charge is -2.39. The van der Waals surface area contributed by atoms with E-state index in [0.717, 1.165) is 22.6 Å². The monoisotopic (exact) mass is 589 g/mol. The maximum absolute atomic E-state index is 13.5. The molecule has 0 fully saturated rings. The molecule has 1 aromatic carbocycles. The third kappa shape index (κ3) is 6.34. The van der Waals surface area contributed by atoms with Crippen LogP contribution in [0.1, 0.15) is 65.3 Å². The van der Waals surface area contributed by atoms with Crippen molar-refractivity contribution in [3.05, 3.63) is 47.3 Å². The van der Waals surface area contributed by atoms with E-state index in [1.54, 1.807) is 21.8 Å². The highest BCUT2D eigenvalue weighted by Gasteiger charge is 2.47. The molecular weight excluding hydrogens is 546 g/mol. The molecule has 1 unspecified atom stereocenters. The number of nitrogens with one attached hydrogen (secondary N) is 1. The molecule has 1 atom stereocenters. The van der Waals surface area contributed by atoms with Crippen LogP contribution in [-0.4, -0.2) is 52.9 Å². The van der Waals surface area contributed by atoms with Crippen LogP contribution in [0, 0.1) is 18.3 Å². The fraction of sp³-hybridized carbons (Fsp3) is 0.516. The van der Waals surface area contributed by atoms with Crippen LogP contribution in [0.3, 0.4) is 0 Å². The first kappa shape index (κ1) is 31.2. The van der Waals surface area contributed by atoms with E-state index in [4.69, 9.17) is 14.1 Å². The second-order valence-corrected chi connectivity index (χ2v) is 18.7. The number of benzene rings is 1. The van der Waals surface area contributed by atoms with E-state index < -0.39 is 25.4 Å². The predicted octanol–water partition coefficient (Wildman–Crippen LogP) is 6.84. The van der Waals surface area contributed by atoms with Gasteiger partial charge >= 0.3 is 6.09 Å². The van der Waals surface area contributed by atoms with Crippen molar-refractivity contribution in [2.45, 2.75) is 84.5 Å². The maximum Gasteiger partial charge on any atom is 0.414 e. The number of carbonyl (C=O) groups excluding carboxylic acids is 1. The SMILES string of the molecule is Cc1cc(Nc2nccc(-c3cc(C#N)c4c(c3)C(C)(CO[Si](C)(C)C(C)(C)C)CN4C(=O)OC(C)(C)C)n2)n(C)n1. The summed E-state index contributed by atoms with van der Waals surface area (Å²) in [6, 6.07) is 9.86. The highest BCUT2D eigenvalue weighted by molar-refractivity contribution is 6.74. The van der Waals surface area contributed by atoms with Gasteiger partial charge < -0.3 is 14.5 Å². The molecule has 0 bridgehead atoms. The Kier molecular flexibility index (Phi) is 8.04. The zero-order valence-electron chi connectivity index (χ0n) is 26.7. The van der Waals surface area contributed by atoms with Gasteiger partial charge in [0, 0.05) is 43.4 Å². The normalized spacial score (nSPS) is 17.1. The number of fused-ring (bicyclic) bond motifs is 1. The fourth-order valence-electron chi connectivity index (χ4n) is 4.71. The molecule has 1 N–H and O–H groups in total. The number of rotatable bonds is 6. The van der Waals surface area contributed by atoms with Crippen molar-refractivity contribution >= 4 is 31.9 Å². The molecule has 1 amide bonds. The first-order valence-corrected chi connectivity index (χ1v) is 17.1. The van der Waals surface area contributed by atoms with E-state index >= 15 is 0 Å². The molecule has 3 aromatic rings. The van der Waals surface area contributed by atoms with Crippen molar-refractivity contribution in [2.75, 3.05) is 23.4 Å². The van der Waals surface area contributed by atoms with Crippen LogP contribution in [0.15, 0.2) is 30.5 Å². The summed E-state index contributed by atoms with van der Waals surface area (Å²) >= 11 is 0. The zero-order valence-corrected chi connectivity index (χ0v) is 27.7. The zero-order chi connectivity index (χ0) is 31.3. The van der Waals surface area contributed by atoms with E-state index in [0.29, 0.717) is 36.0 Å². The van der Waals surface area contributed by atoms with Gasteiger partial charge in [0.05, 0.1) is 22.6 Å². The van der Waals surface area contributed by atoms with E-state index in [9.17, 15) is 10.1 Å². The van der Waals surface area contributed by atoms with Gasteiger partial charge in [-0.3, -0.25) is 9.58 Å². The summed E-state index contributed by atoms with van der Waals surface area (Å²) < 4.78 is 14.2. The molecule has 42 heavy (non-hydrogen) atoms. The molecule has 0 radical (unpaired) electrons. The molecule has 1 aliphatic rings. The highest BCUT2D eigenvalue weighted by atomic mass is 28.4. The summed E-state index contributed by atoms with van der Waals surface area (Å²) in [6.07, 6.45) is 1.20. The number of nitrogens with zero attached hydrogens (tertiary/aromatic N) is 6. The van der Waals surface area contributed by atoms with Crippen LogP contribution in [0.2, 0.25) is 18.1 Å². The quantitative estimate of drug-likeness (QED) is 0.311. The lowest BCUT2D eigenvalue weighted by Crippen LogP contribution is -2.46. The number of anilines is 3. The van der Waals surface area contributed by atoms with Gasteiger partial charge in [-0.05, 0) is 69.6 Å². The number of aromatic nitrogens is 4. The van der Waals surface area contributed by atoms with Crippen molar-refractivity contribution in [3.8, 4) is 17.3 Å². The van der Waals surface area contributed by atoms with Gasteiger partial charge in [0.25, 0.3) is 0 Å². The minimum atomic E-state index is -2.11. The second-order valence-electron chi connectivity index (χ2n) is 13.9. The first-order chi connectivity index (χ1) is 19.3. The minimum Gasteiger partial charge on any atom is -0.443 e. The van der Waals surface area contributed by atoms with Gasteiger partial charge in [0.2, 0.25) is 5.95 Å². The van der Waals surface area contributed by atoms with Crippen LogP contribution >= 0.6 is 0 Å². The molecule has 2 aromatic heterocycles. The number of aryl methyl sites for hydroxylation is 2. The van der Waals surface area contributed by atoms with Gasteiger partial charge in [-0.15, -0.1) is 0 Å². The lowest BCUT2D eigenvalue weighted by molar-refractivity contribution is 0.0575. The van der Waals surface area contributed by atoms with Crippen LogP contribution in [0.25, 0.3) is 11.3 Å². The van der Waals surface area contributed by atoms with E-state index in [1.165, 1.54) is 0 Å². The van der Waals surface area contributed by atoms with Crippen LogP contribution in [-0.2, 0) is 21.6 Å². The summed E-state index contributed by atoms with van der Waals surface area (Å²) in [4.78, 5) is 24.2. The van der Waals surface area contributed by atoms with Gasteiger partial charge in [-0.1, -0.05) is 27.7 Å². The first-order valence-electron chi connectivity index (χ1n) is 14.2. The Hall–Kier alpha value is -3.75. The molecule has 0 saturated carbocycles. The van der Waals surface area contributed by atoms with E-state index in [-0.39, 0.29) is 5.04 Å². The maximum atomic E-state index is 13.5. The van der Waals surface area contributed by atoms with Gasteiger partial charge in [-0.25, -0.2) is 14.8 Å². The number of carbonyl (C=O) groups is 1. The van der Waals surface area contributed by atoms with E-state index in [2.05, 4.69) is 62.3 Å². The van der Waals surface area contributed by atoms with Crippen molar-refractivity contribution in [1.29, 1.82) is 5.26 Å². The smallest absolute Gasteiger partial charge is 0.414 e. The molecule has 0 aliphatic carbocycles. The van der Waals surface area contributed by atoms with Gasteiger partial charge in [-0.2, -0.15) is 10.4 Å². The Morgan fingerprint density at radius 3 is 2.45 bits per heavy atom. The predicted molar refractivity (Wildman–Crippen MR) is 167 cm³/mol. The Balaban J connectivity index is 1.80. The lowest BCUT2D eigenvalue weighted by atomic mass is 9.83. The third-order valence-electron chi connectivity index (χ3n) is 8.02. The topological polar surface area (TPSA) is 118 Å². The number of amides is 1. The Morgan fingerprint density at radius 1 is 1.19 bits per heavy atom. The summed E-state index contributed by atoms with van der Waals surface area (Å²) in [5.41, 5.74) is 2.81. The molecule has 0 spiro atoms. The number of ether oxygens (including phenoxy) is 1. The standard InChI is InChI=1S/C31H43N7O3Si/c1-20-14-25(37(9)36-20)35-27-33-13-12-24(34-27)21-15-22(17-32)26-23(16-21)31(8,19-40-42(10,11)30(5,6)7)18-38(26)28(39)41-29(2,3)4/h12-16H,18-19H2,1-11H3,(H,33,34,35). The average Bonchev–Trinajstić information content (AvgIpc) is 3.36. The second kappa shape index (κ2) is 10.8. The van der Waals surface area contributed by atoms with Crippen molar-refractivity contribution in [2.24, 2.45) is 7.05 Å². The van der Waals surface area contributed by atoms with Crippen molar-refractivity contribution < 1.29 is 14.0 Å². The van der Waals surface area contributed by atoms with Crippen LogP contribution in [0.4, 0.5) is 22.2 Å². The highest BCUT2D eigenvalue weighted by Crippen LogP contribution is 2.47. The largest absolute Gasteiger partial charge is 0.443 e. The van der Waals surface area contributed by atoms with Crippen molar-refractivity contribution in [3.63, 3.8) is 0 Å². The van der Waals surface area contributed by atoms with Crippen LogP contribution in [0.5, 0.6) is 0 Å². The summed E-state index contributed by atoms with van der Waals surface area (Å²) in [6.45, 7) is 21.3. The Labute approximate surface area is 250 Å². The molecular formula is C31H43N7O3Si. The fourth-order valence-corrected chi connectivity index (χ4v) is 5.82. The average molecular weight is 590 g/mol. The van der Waals surface area contributed by atoms with Gasteiger partial charge in [0.15, 0.2) is 8.32 Å². The minimum absolute atomic E-state index is 0.0199. The number of nitriles is 1. The molecule has 3 heterocycles. The molecule has 4 rings (SSSR count). The molecule has 1 aliphatic heterocycles. The Bertz CT molecular complexity index is 1550. The summed E-state index contributed by atoms with van der Waals surface area (Å²) in [5, 5.41) is 17.9. The van der Waals surface area contributed by atoms with E-state index in [1.807, 2.05) is 52.9 Å².